The molecule has 0 aliphatic carbocycles. The molecule has 2 rings (SSSR count). The Balaban J connectivity index is 2.39. The molecule has 112 valence electrons. The summed E-state index contributed by atoms with van der Waals surface area (Å²) in [5.74, 6) is -0.880. The van der Waals surface area contributed by atoms with Gasteiger partial charge in [-0.05, 0) is 40.2 Å². The number of hydrogen-bond acceptors (Lipinski definition) is 2. The topological polar surface area (TPSA) is 35.2 Å². The number of nitrogen functional groups attached to an aromatic ring is 1. The van der Waals surface area contributed by atoms with Crippen molar-refractivity contribution in [1.82, 2.24) is 0 Å². The first-order chi connectivity index (χ1) is 9.68. The molecular weight excluding hydrogens is 377 g/mol. The third-order valence-corrected chi connectivity index (χ3v) is 3.44. The quantitative estimate of drug-likeness (QED) is 0.413. The summed E-state index contributed by atoms with van der Waals surface area (Å²) < 4.78 is 57.1. The van der Waals surface area contributed by atoms with E-state index in [1.165, 1.54) is 12.1 Å². The van der Waals surface area contributed by atoms with Gasteiger partial charge >= 0.3 is 6.18 Å². The summed E-state index contributed by atoms with van der Waals surface area (Å²) in [6, 6.07) is 5.28. The number of anilines is 1. The molecule has 2 N–H and O–H groups in total. The minimum Gasteiger partial charge on any atom is -0.456 e. The molecule has 2 nitrogen and oxygen atoms in total. The Morgan fingerprint density at radius 1 is 1.14 bits per heavy atom. The average molecular weight is 385 g/mol. The number of benzene rings is 2. The maximum absolute atomic E-state index is 13.4. The number of nitrogens with two attached hydrogens (primary N) is 1. The monoisotopic (exact) mass is 383 g/mol. The summed E-state index contributed by atoms with van der Waals surface area (Å²) in [7, 11) is 0. The molecule has 0 bridgehead atoms. The lowest BCUT2D eigenvalue weighted by atomic mass is 10.1. The van der Waals surface area contributed by atoms with Crippen molar-refractivity contribution in [2.75, 3.05) is 5.73 Å². The van der Waals surface area contributed by atoms with Crippen LogP contribution >= 0.6 is 27.5 Å². The molecule has 21 heavy (non-hydrogen) atoms. The van der Waals surface area contributed by atoms with E-state index in [-0.39, 0.29) is 16.5 Å². The van der Waals surface area contributed by atoms with Crippen molar-refractivity contribution in [3.8, 4) is 11.5 Å². The van der Waals surface area contributed by atoms with Gasteiger partial charge in [-0.25, -0.2) is 4.39 Å². The minimum atomic E-state index is -4.61. The zero-order chi connectivity index (χ0) is 15.8. The molecule has 0 fully saturated rings. The van der Waals surface area contributed by atoms with Gasteiger partial charge < -0.3 is 10.5 Å². The highest BCUT2D eigenvalue weighted by Crippen LogP contribution is 2.38. The molecule has 0 radical (unpaired) electrons. The second kappa shape index (κ2) is 5.73. The highest BCUT2D eigenvalue weighted by molar-refractivity contribution is 9.10. The van der Waals surface area contributed by atoms with Gasteiger partial charge in [0.2, 0.25) is 0 Å². The molecule has 0 aliphatic rings. The molecule has 0 unspecified atom stereocenters. The van der Waals surface area contributed by atoms with Crippen molar-refractivity contribution in [2.45, 2.75) is 6.18 Å². The standard InChI is InChI=1S/C13H7BrClF4NO/c14-8-4-9(15)10(16)5-12(8)21-6-1-2-11(20)7(3-6)13(17,18)19/h1-5H,20H2. The van der Waals surface area contributed by atoms with E-state index in [1.807, 2.05) is 0 Å². The molecule has 2 aromatic rings. The van der Waals surface area contributed by atoms with E-state index in [2.05, 4.69) is 15.9 Å². The van der Waals surface area contributed by atoms with Crippen LogP contribution in [0.5, 0.6) is 11.5 Å². The Labute approximate surface area is 130 Å². The summed E-state index contributed by atoms with van der Waals surface area (Å²) in [5.41, 5.74) is 3.84. The van der Waals surface area contributed by atoms with Crippen molar-refractivity contribution in [3.63, 3.8) is 0 Å². The van der Waals surface area contributed by atoms with Gasteiger partial charge in [0.05, 0.1) is 15.1 Å². The van der Waals surface area contributed by atoms with Crippen molar-refractivity contribution in [2.24, 2.45) is 0 Å². The summed E-state index contributed by atoms with van der Waals surface area (Å²) in [6.45, 7) is 0. The van der Waals surface area contributed by atoms with E-state index >= 15 is 0 Å². The average Bonchev–Trinajstić information content (AvgIpc) is 2.37. The van der Waals surface area contributed by atoms with Crippen molar-refractivity contribution in [3.05, 3.63) is 51.2 Å². The predicted molar refractivity (Wildman–Crippen MR) is 75.0 cm³/mol. The van der Waals surface area contributed by atoms with Crippen LogP contribution in [-0.4, -0.2) is 0 Å². The third kappa shape index (κ3) is 3.59. The fourth-order valence-electron chi connectivity index (χ4n) is 1.55. The zero-order valence-corrected chi connectivity index (χ0v) is 12.5. The smallest absolute Gasteiger partial charge is 0.418 e. The van der Waals surface area contributed by atoms with Gasteiger partial charge in [0.15, 0.2) is 0 Å². The first kappa shape index (κ1) is 15.9. The maximum Gasteiger partial charge on any atom is 0.418 e. The van der Waals surface area contributed by atoms with E-state index < -0.39 is 23.2 Å². The normalized spacial score (nSPS) is 11.5. The van der Waals surface area contributed by atoms with Crippen LogP contribution in [0.1, 0.15) is 5.56 Å². The van der Waals surface area contributed by atoms with Crippen LogP contribution in [0, 0.1) is 5.82 Å². The van der Waals surface area contributed by atoms with Gasteiger partial charge in [0, 0.05) is 11.8 Å². The van der Waals surface area contributed by atoms with E-state index in [9.17, 15) is 17.6 Å². The van der Waals surface area contributed by atoms with Gasteiger partial charge in [-0.1, -0.05) is 11.6 Å². The molecule has 0 aromatic heterocycles. The number of alkyl halides is 3. The van der Waals surface area contributed by atoms with Crippen molar-refractivity contribution < 1.29 is 22.3 Å². The molecular formula is C13H7BrClF4NO. The second-order valence-electron chi connectivity index (χ2n) is 4.05. The molecule has 0 saturated heterocycles. The van der Waals surface area contributed by atoms with Crippen molar-refractivity contribution in [1.29, 1.82) is 0 Å². The van der Waals surface area contributed by atoms with Crippen molar-refractivity contribution >= 4 is 33.2 Å². The highest BCUT2D eigenvalue weighted by Gasteiger charge is 2.33. The third-order valence-electron chi connectivity index (χ3n) is 2.53. The molecule has 0 saturated carbocycles. The Kier molecular flexibility index (Phi) is 4.34. The van der Waals surface area contributed by atoms with E-state index in [0.717, 1.165) is 18.2 Å². The van der Waals surface area contributed by atoms with Gasteiger partial charge in [-0.15, -0.1) is 0 Å². The van der Waals surface area contributed by atoms with Crippen LogP contribution in [0.4, 0.5) is 23.2 Å². The van der Waals surface area contributed by atoms with E-state index in [4.69, 9.17) is 22.1 Å². The van der Waals surface area contributed by atoms with E-state index in [1.54, 1.807) is 0 Å². The lowest BCUT2D eigenvalue weighted by Crippen LogP contribution is -2.08. The van der Waals surface area contributed by atoms with Crippen LogP contribution < -0.4 is 10.5 Å². The zero-order valence-electron chi connectivity index (χ0n) is 10.1. The van der Waals surface area contributed by atoms with Crippen LogP contribution in [-0.2, 0) is 6.18 Å². The molecule has 0 atom stereocenters. The Morgan fingerprint density at radius 3 is 2.43 bits per heavy atom. The Bertz CT molecular complexity index is 691. The van der Waals surface area contributed by atoms with Gasteiger partial charge in [-0.2, -0.15) is 13.2 Å². The molecule has 0 aliphatic heterocycles. The maximum atomic E-state index is 13.4. The minimum absolute atomic E-state index is 0.00482. The van der Waals surface area contributed by atoms with Crippen LogP contribution in [0.3, 0.4) is 0 Å². The predicted octanol–water partition coefficient (Wildman–Crippen LogP) is 5.63. The number of halogens is 6. The van der Waals surface area contributed by atoms with Crippen LogP contribution in [0.25, 0.3) is 0 Å². The van der Waals surface area contributed by atoms with Gasteiger partial charge in [0.1, 0.15) is 17.3 Å². The van der Waals surface area contributed by atoms with E-state index in [0.29, 0.717) is 4.47 Å². The SMILES string of the molecule is Nc1ccc(Oc2cc(F)c(Cl)cc2Br)cc1C(F)(F)F. The highest BCUT2D eigenvalue weighted by atomic mass is 79.9. The number of hydrogen-bond donors (Lipinski definition) is 1. The molecule has 2 aromatic carbocycles. The first-order valence-corrected chi connectivity index (χ1v) is 6.64. The molecule has 0 spiro atoms. The lowest BCUT2D eigenvalue weighted by molar-refractivity contribution is -0.137. The fourth-order valence-corrected chi connectivity index (χ4v) is 2.27. The summed E-state index contributed by atoms with van der Waals surface area (Å²) in [5, 5.41) is -0.137. The van der Waals surface area contributed by atoms with Crippen LogP contribution in [0.15, 0.2) is 34.8 Å². The summed E-state index contributed by atoms with van der Waals surface area (Å²) >= 11 is 8.66. The number of rotatable bonds is 2. The summed E-state index contributed by atoms with van der Waals surface area (Å²) in [6.07, 6.45) is -4.61. The second-order valence-corrected chi connectivity index (χ2v) is 5.31. The first-order valence-electron chi connectivity index (χ1n) is 5.47. The number of ether oxygens (including phenoxy) is 1. The van der Waals surface area contributed by atoms with Gasteiger partial charge in [-0.3, -0.25) is 0 Å². The van der Waals surface area contributed by atoms with Gasteiger partial charge in [0.25, 0.3) is 0 Å². The fraction of sp³-hybridized carbons (Fsp3) is 0.0769. The molecule has 0 heterocycles. The van der Waals surface area contributed by atoms with Crippen LogP contribution in [0.2, 0.25) is 5.02 Å². The molecule has 0 amide bonds. The lowest BCUT2D eigenvalue weighted by Gasteiger charge is -2.13. The Hall–Kier alpha value is -1.47. The summed E-state index contributed by atoms with van der Waals surface area (Å²) in [4.78, 5) is 0. The largest absolute Gasteiger partial charge is 0.456 e. The Morgan fingerprint density at radius 2 is 1.81 bits per heavy atom. The molecule has 8 heteroatoms.